The summed E-state index contributed by atoms with van der Waals surface area (Å²) in [7, 11) is 3.27. The molecule has 2 aromatic carbocycles. The number of carbonyl (C=O) groups excluding carboxylic acids is 2. The van der Waals surface area contributed by atoms with Gasteiger partial charge in [-0.15, -0.1) is 0 Å². The zero-order valence-electron chi connectivity index (χ0n) is 24.2. The highest BCUT2D eigenvalue weighted by Crippen LogP contribution is 2.32. The van der Waals surface area contributed by atoms with E-state index < -0.39 is 0 Å². The zero-order valence-corrected chi connectivity index (χ0v) is 24.2. The highest BCUT2D eigenvalue weighted by atomic mass is 16.5. The van der Waals surface area contributed by atoms with Gasteiger partial charge < -0.3 is 19.7 Å². The van der Waals surface area contributed by atoms with E-state index in [1.807, 2.05) is 18.2 Å². The van der Waals surface area contributed by atoms with Gasteiger partial charge in [0.25, 0.3) is 11.8 Å². The minimum absolute atomic E-state index is 0.0788. The molecule has 0 bridgehead atoms. The number of nitrogens with one attached hydrogen (secondary N) is 1. The van der Waals surface area contributed by atoms with Crippen molar-refractivity contribution in [2.45, 2.75) is 97.5 Å². The fourth-order valence-corrected chi connectivity index (χ4v) is 4.53. The summed E-state index contributed by atoms with van der Waals surface area (Å²) in [5.41, 5.74) is 1.52. The van der Waals surface area contributed by atoms with Crippen LogP contribution >= 0.6 is 0 Å². The van der Waals surface area contributed by atoms with Gasteiger partial charge in [-0.05, 0) is 56.0 Å². The molecule has 1 unspecified atom stereocenters. The molecule has 0 saturated heterocycles. The molecule has 0 aromatic heterocycles. The molecule has 0 heterocycles. The Labute approximate surface area is 230 Å². The number of benzene rings is 2. The number of para-hydroxylation sites is 1. The van der Waals surface area contributed by atoms with Crippen LogP contribution in [0.1, 0.15) is 112 Å². The van der Waals surface area contributed by atoms with Gasteiger partial charge in [0, 0.05) is 19.2 Å². The number of nitrogens with zero attached hydrogens (tertiary/aromatic N) is 1. The van der Waals surface area contributed by atoms with Gasteiger partial charge >= 0.3 is 0 Å². The highest BCUT2D eigenvalue weighted by Gasteiger charge is 2.23. The molecule has 2 amide bonds. The molecule has 0 aliphatic heterocycles. The smallest absolute Gasteiger partial charge is 0.261 e. The molecule has 1 N–H and O–H groups in total. The topological polar surface area (TPSA) is 67.9 Å². The van der Waals surface area contributed by atoms with Crippen molar-refractivity contribution in [2.24, 2.45) is 0 Å². The SMILES string of the molecule is CCCCCCCCC(CCC)Oc1ccccc1C(=O)N(C)c1cc(C(=O)NCCCC)ccc1OC. The van der Waals surface area contributed by atoms with E-state index in [0.29, 0.717) is 34.9 Å². The number of hydrogen-bond donors (Lipinski definition) is 1. The first-order valence-corrected chi connectivity index (χ1v) is 14.5. The third-order valence-electron chi connectivity index (χ3n) is 6.82. The lowest BCUT2D eigenvalue weighted by Gasteiger charge is -2.24. The van der Waals surface area contributed by atoms with Gasteiger partial charge in [-0.2, -0.15) is 0 Å². The van der Waals surface area contributed by atoms with Crippen LogP contribution in [0.4, 0.5) is 5.69 Å². The van der Waals surface area contributed by atoms with Gasteiger partial charge in [-0.1, -0.05) is 77.8 Å². The van der Waals surface area contributed by atoms with Gasteiger partial charge in [0.15, 0.2) is 0 Å². The molecule has 6 heteroatoms. The largest absolute Gasteiger partial charge is 0.495 e. The Balaban J connectivity index is 2.19. The third-order valence-corrected chi connectivity index (χ3v) is 6.82. The summed E-state index contributed by atoms with van der Waals surface area (Å²) < 4.78 is 12.0. The molecule has 0 saturated carbocycles. The first-order chi connectivity index (χ1) is 18.5. The van der Waals surface area contributed by atoms with Gasteiger partial charge in [0.05, 0.1) is 24.5 Å². The van der Waals surface area contributed by atoms with Crippen molar-refractivity contribution in [3.05, 3.63) is 53.6 Å². The van der Waals surface area contributed by atoms with Crippen LogP contribution in [0.3, 0.4) is 0 Å². The van der Waals surface area contributed by atoms with E-state index in [9.17, 15) is 9.59 Å². The van der Waals surface area contributed by atoms with E-state index in [1.165, 1.54) is 37.0 Å². The Morgan fingerprint density at radius 1 is 0.842 bits per heavy atom. The van der Waals surface area contributed by atoms with Crippen LogP contribution in [0.25, 0.3) is 0 Å². The van der Waals surface area contributed by atoms with Crippen molar-refractivity contribution in [1.29, 1.82) is 0 Å². The predicted octanol–water partition coefficient (Wildman–Crippen LogP) is 7.80. The fraction of sp³-hybridized carbons (Fsp3) is 0.562. The quantitative estimate of drug-likeness (QED) is 0.202. The summed E-state index contributed by atoms with van der Waals surface area (Å²) in [6.45, 7) is 7.10. The standard InChI is InChI=1S/C32H48N2O4/c1-6-9-11-12-13-14-18-26(17-8-3)38-29-20-16-15-19-27(29)32(36)34(4)28-24-25(21-22-30(28)37-5)31(35)33-23-10-7-2/h15-16,19-22,24,26H,6-14,17-18,23H2,1-5H3,(H,33,35). The van der Waals surface area contributed by atoms with E-state index in [4.69, 9.17) is 9.47 Å². The van der Waals surface area contributed by atoms with Gasteiger partial charge in [-0.25, -0.2) is 0 Å². The van der Waals surface area contributed by atoms with E-state index in [0.717, 1.165) is 38.5 Å². The van der Waals surface area contributed by atoms with Crippen molar-refractivity contribution in [1.82, 2.24) is 5.32 Å². The van der Waals surface area contributed by atoms with E-state index in [1.54, 1.807) is 38.4 Å². The Morgan fingerprint density at radius 2 is 1.55 bits per heavy atom. The number of hydrogen-bond acceptors (Lipinski definition) is 4. The van der Waals surface area contributed by atoms with Crippen molar-refractivity contribution >= 4 is 17.5 Å². The van der Waals surface area contributed by atoms with Gasteiger partial charge in [0.2, 0.25) is 0 Å². The summed E-state index contributed by atoms with van der Waals surface area (Å²) in [4.78, 5) is 27.9. The minimum atomic E-state index is -0.211. The van der Waals surface area contributed by atoms with Crippen molar-refractivity contribution in [3.63, 3.8) is 0 Å². The average molecular weight is 525 g/mol. The van der Waals surface area contributed by atoms with Crippen LogP contribution in [0.2, 0.25) is 0 Å². The third kappa shape index (κ3) is 9.70. The minimum Gasteiger partial charge on any atom is -0.495 e. The van der Waals surface area contributed by atoms with Crippen molar-refractivity contribution in [3.8, 4) is 11.5 Å². The second-order valence-electron chi connectivity index (χ2n) is 9.94. The molecule has 2 rings (SSSR count). The number of anilines is 1. The lowest BCUT2D eigenvalue weighted by molar-refractivity contribution is 0.0949. The summed E-state index contributed by atoms with van der Waals surface area (Å²) in [6.07, 6.45) is 12.4. The summed E-state index contributed by atoms with van der Waals surface area (Å²) in [5, 5.41) is 2.93. The molecule has 0 spiro atoms. The molecular formula is C32H48N2O4. The average Bonchev–Trinajstić information content (AvgIpc) is 2.94. The maximum Gasteiger partial charge on any atom is 0.261 e. The molecule has 2 aromatic rings. The van der Waals surface area contributed by atoms with Gasteiger partial charge in [0.1, 0.15) is 11.5 Å². The molecule has 0 radical (unpaired) electrons. The van der Waals surface area contributed by atoms with Crippen LogP contribution in [0, 0.1) is 0 Å². The molecule has 0 aliphatic rings. The maximum absolute atomic E-state index is 13.7. The summed E-state index contributed by atoms with van der Waals surface area (Å²) in [6, 6.07) is 12.6. The highest BCUT2D eigenvalue weighted by molar-refractivity contribution is 6.09. The van der Waals surface area contributed by atoms with Crippen LogP contribution in [-0.4, -0.2) is 38.6 Å². The number of unbranched alkanes of at least 4 members (excludes halogenated alkanes) is 6. The Kier molecular flexibility index (Phi) is 14.4. The number of carbonyl (C=O) groups is 2. The number of ether oxygens (including phenoxy) is 2. The Morgan fingerprint density at radius 3 is 2.26 bits per heavy atom. The summed E-state index contributed by atoms with van der Waals surface area (Å²) in [5.74, 6) is 0.749. The fourth-order valence-electron chi connectivity index (χ4n) is 4.53. The second-order valence-corrected chi connectivity index (χ2v) is 9.94. The van der Waals surface area contributed by atoms with E-state index in [2.05, 4.69) is 26.1 Å². The van der Waals surface area contributed by atoms with Crippen LogP contribution in [-0.2, 0) is 0 Å². The second kappa shape index (κ2) is 17.5. The Hall–Kier alpha value is -3.02. The molecule has 38 heavy (non-hydrogen) atoms. The van der Waals surface area contributed by atoms with Crippen LogP contribution in [0.5, 0.6) is 11.5 Å². The maximum atomic E-state index is 13.7. The van der Waals surface area contributed by atoms with Crippen molar-refractivity contribution < 1.29 is 19.1 Å². The van der Waals surface area contributed by atoms with E-state index in [-0.39, 0.29) is 17.9 Å². The van der Waals surface area contributed by atoms with Crippen molar-refractivity contribution in [2.75, 3.05) is 25.6 Å². The summed E-state index contributed by atoms with van der Waals surface area (Å²) >= 11 is 0. The van der Waals surface area contributed by atoms with Gasteiger partial charge in [-0.3, -0.25) is 9.59 Å². The first-order valence-electron chi connectivity index (χ1n) is 14.5. The predicted molar refractivity (Wildman–Crippen MR) is 157 cm³/mol. The molecule has 6 nitrogen and oxygen atoms in total. The first kappa shape index (κ1) is 31.2. The molecule has 0 fully saturated rings. The Bertz CT molecular complexity index is 991. The van der Waals surface area contributed by atoms with Crippen LogP contribution in [0.15, 0.2) is 42.5 Å². The number of methoxy groups -OCH3 is 1. The van der Waals surface area contributed by atoms with E-state index >= 15 is 0 Å². The number of rotatable bonds is 18. The monoisotopic (exact) mass is 524 g/mol. The molecular weight excluding hydrogens is 476 g/mol. The molecule has 0 aliphatic carbocycles. The normalized spacial score (nSPS) is 11.6. The lowest BCUT2D eigenvalue weighted by atomic mass is 10.0. The molecule has 1 atom stereocenters. The lowest BCUT2D eigenvalue weighted by Crippen LogP contribution is -2.29. The van der Waals surface area contributed by atoms with Crippen LogP contribution < -0.4 is 19.7 Å². The molecule has 210 valence electrons. The number of amides is 2. The zero-order chi connectivity index (χ0) is 27.8.